The zero-order valence-electron chi connectivity index (χ0n) is 19.1. The monoisotopic (exact) mass is 508 g/mol. The molecule has 11 heteroatoms. The second-order valence-corrected chi connectivity index (χ2v) is 10.7. The SMILES string of the molecule is C[C@H]1S[C@@H]2C(N)C(=O)N2C(C(=O)OC(c2ccccc2)c2ccccc2)=C1CSc1nnnn1C. The molecule has 1 unspecified atom stereocenters. The summed E-state index contributed by atoms with van der Waals surface area (Å²) in [6.07, 6.45) is -0.623. The van der Waals surface area contributed by atoms with E-state index in [1.807, 2.05) is 67.6 Å². The van der Waals surface area contributed by atoms with E-state index in [9.17, 15) is 9.59 Å². The summed E-state index contributed by atoms with van der Waals surface area (Å²) in [6.45, 7) is 2.02. The predicted octanol–water partition coefficient (Wildman–Crippen LogP) is 2.52. The van der Waals surface area contributed by atoms with Crippen molar-refractivity contribution in [2.45, 2.75) is 34.8 Å². The number of aryl methyl sites for hydroxylation is 1. The molecule has 1 fully saturated rings. The molecule has 3 aromatic rings. The Morgan fingerprint density at radius 2 is 1.77 bits per heavy atom. The molecule has 5 rings (SSSR count). The molecule has 0 aliphatic carbocycles. The molecule has 3 heterocycles. The molecule has 0 radical (unpaired) electrons. The van der Waals surface area contributed by atoms with Crippen LogP contribution in [-0.2, 0) is 21.4 Å². The highest BCUT2D eigenvalue weighted by molar-refractivity contribution is 8.01. The molecule has 35 heavy (non-hydrogen) atoms. The number of esters is 1. The zero-order chi connectivity index (χ0) is 24.5. The van der Waals surface area contributed by atoms with Gasteiger partial charge in [-0.15, -0.1) is 16.9 Å². The third kappa shape index (κ3) is 4.46. The summed E-state index contributed by atoms with van der Waals surface area (Å²) in [6, 6.07) is 18.5. The molecule has 2 aliphatic heterocycles. The Bertz CT molecular complexity index is 1230. The number of nitrogens with zero attached hydrogens (tertiary/aromatic N) is 5. The first-order valence-electron chi connectivity index (χ1n) is 11.1. The fourth-order valence-electron chi connectivity index (χ4n) is 4.16. The summed E-state index contributed by atoms with van der Waals surface area (Å²) in [4.78, 5) is 28.1. The molecular formula is C24H24N6O3S2. The molecule has 0 bridgehead atoms. The fraction of sp³-hybridized carbons (Fsp3) is 0.292. The maximum Gasteiger partial charge on any atom is 0.356 e. The Kier molecular flexibility index (Phi) is 6.63. The van der Waals surface area contributed by atoms with Crippen molar-refractivity contribution in [3.05, 3.63) is 83.1 Å². The molecule has 2 N–H and O–H groups in total. The summed E-state index contributed by atoms with van der Waals surface area (Å²) in [5, 5.41) is 11.8. The second-order valence-electron chi connectivity index (χ2n) is 8.26. The third-order valence-corrected chi connectivity index (χ3v) is 8.56. The number of thioether (sulfide) groups is 2. The van der Waals surface area contributed by atoms with Gasteiger partial charge in [0.25, 0.3) is 0 Å². The van der Waals surface area contributed by atoms with Crippen LogP contribution in [0.1, 0.15) is 24.2 Å². The van der Waals surface area contributed by atoms with Crippen LogP contribution in [0.15, 0.2) is 77.1 Å². The Morgan fingerprint density at radius 1 is 1.14 bits per heavy atom. The minimum absolute atomic E-state index is 0.0430. The predicted molar refractivity (Wildman–Crippen MR) is 133 cm³/mol. The maximum atomic E-state index is 13.8. The van der Waals surface area contributed by atoms with Gasteiger partial charge in [-0.3, -0.25) is 9.69 Å². The number of ether oxygens (including phenoxy) is 1. The van der Waals surface area contributed by atoms with E-state index >= 15 is 0 Å². The molecule has 3 atom stereocenters. The number of tetrazole rings is 1. The minimum atomic E-state index is -0.638. The van der Waals surface area contributed by atoms with Gasteiger partial charge in [0.2, 0.25) is 11.1 Å². The quantitative estimate of drug-likeness (QED) is 0.292. The van der Waals surface area contributed by atoms with E-state index in [2.05, 4.69) is 15.5 Å². The number of benzene rings is 2. The van der Waals surface area contributed by atoms with Crippen molar-refractivity contribution in [3.63, 3.8) is 0 Å². The van der Waals surface area contributed by atoms with E-state index in [1.54, 1.807) is 23.5 Å². The van der Waals surface area contributed by atoms with Crippen LogP contribution in [-0.4, -0.2) is 59.4 Å². The van der Waals surface area contributed by atoms with Crippen LogP contribution in [0.2, 0.25) is 0 Å². The largest absolute Gasteiger partial charge is 0.448 e. The van der Waals surface area contributed by atoms with E-state index in [4.69, 9.17) is 10.5 Å². The maximum absolute atomic E-state index is 13.8. The number of carbonyl (C=O) groups is 2. The van der Waals surface area contributed by atoms with Crippen molar-refractivity contribution in [3.8, 4) is 0 Å². The summed E-state index contributed by atoms with van der Waals surface area (Å²) in [7, 11) is 1.75. The standard InChI is InChI=1S/C24H24N6O3S2/c1-14-17(13-34-24-26-27-28-29(24)2)19(30-21(31)18(25)22(30)35-14)23(32)33-20(15-9-5-3-6-10-15)16-11-7-4-8-12-16/h3-12,14,18,20,22H,13,25H2,1-2H3/t14-,18?,22-/m1/s1. The van der Waals surface area contributed by atoms with Gasteiger partial charge in [0.15, 0.2) is 6.10 Å². The van der Waals surface area contributed by atoms with Crippen molar-refractivity contribution in [2.75, 3.05) is 5.75 Å². The van der Waals surface area contributed by atoms with Crippen LogP contribution in [0.5, 0.6) is 0 Å². The Morgan fingerprint density at radius 3 is 2.34 bits per heavy atom. The molecule has 1 saturated heterocycles. The molecule has 1 amide bonds. The first-order chi connectivity index (χ1) is 17.0. The van der Waals surface area contributed by atoms with Gasteiger partial charge in [0.05, 0.1) is 0 Å². The van der Waals surface area contributed by atoms with Crippen molar-refractivity contribution in [2.24, 2.45) is 12.8 Å². The van der Waals surface area contributed by atoms with Gasteiger partial charge in [-0.25, -0.2) is 9.48 Å². The zero-order valence-corrected chi connectivity index (χ0v) is 20.8. The highest BCUT2D eigenvalue weighted by Crippen LogP contribution is 2.45. The van der Waals surface area contributed by atoms with Gasteiger partial charge in [-0.1, -0.05) is 72.4 Å². The number of hydrogen-bond acceptors (Lipinski definition) is 9. The van der Waals surface area contributed by atoms with E-state index in [1.165, 1.54) is 16.7 Å². The summed E-state index contributed by atoms with van der Waals surface area (Å²) < 4.78 is 7.71. The van der Waals surface area contributed by atoms with E-state index in [-0.39, 0.29) is 22.2 Å². The average molecular weight is 509 g/mol. The number of hydrogen-bond donors (Lipinski definition) is 1. The van der Waals surface area contributed by atoms with Crippen LogP contribution in [0.3, 0.4) is 0 Å². The molecule has 1 aromatic heterocycles. The Labute approximate surface area is 211 Å². The number of carbonyl (C=O) groups excluding carboxylic acids is 2. The van der Waals surface area contributed by atoms with Crippen molar-refractivity contribution in [1.82, 2.24) is 25.1 Å². The number of nitrogens with two attached hydrogens (primary N) is 1. The summed E-state index contributed by atoms with van der Waals surface area (Å²) >= 11 is 2.98. The summed E-state index contributed by atoms with van der Waals surface area (Å²) in [5.74, 6) is -0.396. The van der Waals surface area contributed by atoms with Crippen LogP contribution in [0.4, 0.5) is 0 Å². The Hall–Kier alpha value is -3.15. The lowest BCUT2D eigenvalue weighted by atomic mass is 10.0. The topological polar surface area (TPSA) is 116 Å². The number of rotatable bonds is 7. The number of aromatic nitrogens is 4. The normalized spacial score (nSPS) is 21.7. The van der Waals surface area contributed by atoms with Crippen LogP contribution < -0.4 is 5.73 Å². The van der Waals surface area contributed by atoms with Crippen LogP contribution in [0.25, 0.3) is 0 Å². The van der Waals surface area contributed by atoms with Crippen molar-refractivity contribution in [1.29, 1.82) is 0 Å². The highest BCUT2D eigenvalue weighted by atomic mass is 32.2. The minimum Gasteiger partial charge on any atom is -0.448 e. The van der Waals surface area contributed by atoms with E-state index < -0.39 is 18.1 Å². The van der Waals surface area contributed by atoms with Gasteiger partial charge in [0, 0.05) is 18.1 Å². The first-order valence-corrected chi connectivity index (χ1v) is 13.0. The molecule has 180 valence electrons. The second kappa shape index (κ2) is 9.84. The lowest BCUT2D eigenvalue weighted by molar-refractivity contribution is -0.153. The van der Waals surface area contributed by atoms with Crippen molar-refractivity contribution >= 4 is 35.4 Å². The van der Waals surface area contributed by atoms with Gasteiger partial charge >= 0.3 is 5.97 Å². The van der Waals surface area contributed by atoms with Crippen molar-refractivity contribution < 1.29 is 14.3 Å². The van der Waals surface area contributed by atoms with Gasteiger partial charge in [-0.2, -0.15) is 0 Å². The van der Waals surface area contributed by atoms with E-state index in [0.717, 1.165) is 16.7 Å². The lowest BCUT2D eigenvalue weighted by Crippen LogP contribution is -2.69. The summed E-state index contributed by atoms with van der Waals surface area (Å²) in [5.41, 5.74) is 8.83. The fourth-order valence-corrected chi connectivity index (χ4v) is 6.64. The Balaban J connectivity index is 1.51. The van der Waals surface area contributed by atoms with Gasteiger partial charge in [-0.05, 0) is 34.1 Å². The first kappa shape index (κ1) is 23.6. The number of amides is 1. The molecular weight excluding hydrogens is 484 g/mol. The lowest BCUT2D eigenvalue weighted by Gasteiger charge is -2.50. The molecule has 0 spiro atoms. The van der Waals surface area contributed by atoms with Crippen LogP contribution in [0, 0.1) is 0 Å². The average Bonchev–Trinajstić information content (AvgIpc) is 3.30. The molecule has 0 saturated carbocycles. The van der Waals surface area contributed by atoms with Crippen LogP contribution >= 0.6 is 23.5 Å². The number of β-lactam (4-membered cyclic amide) rings is 1. The van der Waals surface area contributed by atoms with Gasteiger partial charge < -0.3 is 10.5 Å². The molecule has 9 nitrogen and oxygen atoms in total. The van der Waals surface area contributed by atoms with Gasteiger partial charge in [0.1, 0.15) is 17.1 Å². The number of fused-ring (bicyclic) bond motifs is 1. The third-order valence-electron chi connectivity index (χ3n) is 6.02. The molecule has 2 aromatic carbocycles. The molecule has 2 aliphatic rings. The highest BCUT2D eigenvalue weighted by Gasteiger charge is 2.53. The van der Waals surface area contributed by atoms with E-state index in [0.29, 0.717) is 10.9 Å². The smallest absolute Gasteiger partial charge is 0.356 e.